The van der Waals surface area contributed by atoms with Gasteiger partial charge in [-0.05, 0) is 42.7 Å². The molecule has 4 aromatic rings. The SMILES string of the molecule is COc1ccc([C@H]2CC(=O)c3cnc4c(-c5ccc(F)cc5)c(C)nn4c3C2)c(OC)c1. The van der Waals surface area contributed by atoms with E-state index in [0.717, 1.165) is 28.1 Å². The standard InChI is InChI=1S/C25H22FN3O3/c1-14-24(15-4-6-17(26)7-5-15)25-27-13-20-21(29(25)28-14)10-16(11-22(20)30)19-9-8-18(31-2)12-23(19)32-3/h4-9,12-13,16H,10-11H2,1-3H3/t16-/m1/s1. The van der Waals surface area contributed by atoms with E-state index in [1.165, 1.54) is 12.1 Å². The predicted molar refractivity (Wildman–Crippen MR) is 118 cm³/mol. The van der Waals surface area contributed by atoms with Crippen LogP contribution in [0, 0.1) is 12.7 Å². The zero-order chi connectivity index (χ0) is 22.4. The molecule has 0 saturated heterocycles. The van der Waals surface area contributed by atoms with E-state index in [0.29, 0.717) is 35.6 Å². The Kier molecular flexibility index (Phi) is 4.89. The summed E-state index contributed by atoms with van der Waals surface area (Å²) in [6.07, 6.45) is 2.63. The van der Waals surface area contributed by atoms with Crippen molar-refractivity contribution in [2.45, 2.75) is 25.7 Å². The van der Waals surface area contributed by atoms with Crippen LogP contribution in [0.5, 0.6) is 11.5 Å². The predicted octanol–water partition coefficient (Wildman–Crippen LogP) is 4.77. The van der Waals surface area contributed by atoms with Gasteiger partial charge in [0.2, 0.25) is 0 Å². The van der Waals surface area contributed by atoms with Crippen LogP contribution in [0.2, 0.25) is 0 Å². The maximum Gasteiger partial charge on any atom is 0.166 e. The van der Waals surface area contributed by atoms with Gasteiger partial charge in [0.05, 0.1) is 31.2 Å². The first-order valence-electron chi connectivity index (χ1n) is 10.4. The van der Waals surface area contributed by atoms with E-state index < -0.39 is 0 Å². The van der Waals surface area contributed by atoms with Gasteiger partial charge in [-0.15, -0.1) is 0 Å². The number of hydrogen-bond donors (Lipinski definition) is 0. The van der Waals surface area contributed by atoms with E-state index >= 15 is 0 Å². The average Bonchev–Trinajstić information content (AvgIpc) is 3.15. The van der Waals surface area contributed by atoms with E-state index in [-0.39, 0.29) is 17.5 Å². The molecular formula is C25H22FN3O3. The van der Waals surface area contributed by atoms with E-state index in [1.54, 1.807) is 37.1 Å². The highest BCUT2D eigenvalue weighted by atomic mass is 19.1. The number of carbonyl (C=O) groups excluding carboxylic acids is 1. The molecule has 32 heavy (non-hydrogen) atoms. The van der Waals surface area contributed by atoms with Crippen LogP contribution >= 0.6 is 0 Å². The lowest BCUT2D eigenvalue weighted by atomic mass is 9.81. The molecule has 0 aliphatic heterocycles. The van der Waals surface area contributed by atoms with Gasteiger partial charge < -0.3 is 9.47 Å². The van der Waals surface area contributed by atoms with E-state index in [1.807, 2.05) is 25.1 Å². The van der Waals surface area contributed by atoms with Crippen LogP contribution in [-0.4, -0.2) is 34.6 Å². The maximum atomic E-state index is 13.4. The fourth-order valence-corrected chi connectivity index (χ4v) is 4.54. The number of hydrogen-bond acceptors (Lipinski definition) is 5. The van der Waals surface area contributed by atoms with E-state index in [9.17, 15) is 9.18 Å². The zero-order valence-electron chi connectivity index (χ0n) is 18.1. The number of halogens is 1. The number of methoxy groups -OCH3 is 2. The Hall–Kier alpha value is -3.74. The summed E-state index contributed by atoms with van der Waals surface area (Å²) in [6, 6.07) is 12.0. The molecule has 0 fully saturated rings. The molecule has 0 spiro atoms. The number of benzene rings is 2. The second kappa shape index (κ2) is 7.75. The highest BCUT2D eigenvalue weighted by Gasteiger charge is 2.31. The fraction of sp³-hybridized carbons (Fsp3) is 0.240. The Morgan fingerprint density at radius 1 is 1.06 bits per heavy atom. The van der Waals surface area contributed by atoms with Gasteiger partial charge in [-0.2, -0.15) is 5.10 Å². The highest BCUT2D eigenvalue weighted by molar-refractivity contribution is 5.99. The lowest BCUT2D eigenvalue weighted by Crippen LogP contribution is -2.23. The Morgan fingerprint density at radius 2 is 1.84 bits per heavy atom. The molecule has 5 rings (SSSR count). The molecule has 1 atom stereocenters. The molecule has 0 amide bonds. The number of ether oxygens (including phenoxy) is 2. The van der Waals surface area contributed by atoms with Crippen molar-refractivity contribution in [1.82, 2.24) is 14.6 Å². The zero-order valence-corrected chi connectivity index (χ0v) is 18.1. The van der Waals surface area contributed by atoms with Crippen LogP contribution < -0.4 is 9.47 Å². The molecule has 1 aliphatic carbocycles. The summed E-state index contributed by atoms with van der Waals surface area (Å²) in [7, 11) is 3.22. The average molecular weight is 431 g/mol. The number of carbonyl (C=O) groups is 1. The van der Waals surface area contributed by atoms with Crippen molar-refractivity contribution in [3.05, 3.63) is 77.0 Å². The normalized spacial score (nSPS) is 15.6. The van der Waals surface area contributed by atoms with Crippen LogP contribution in [0.25, 0.3) is 16.8 Å². The molecule has 2 aromatic carbocycles. The largest absolute Gasteiger partial charge is 0.497 e. The number of aromatic nitrogens is 3. The van der Waals surface area contributed by atoms with Gasteiger partial charge in [0.1, 0.15) is 17.3 Å². The van der Waals surface area contributed by atoms with Gasteiger partial charge in [-0.3, -0.25) is 4.79 Å². The summed E-state index contributed by atoms with van der Waals surface area (Å²) in [6.45, 7) is 1.90. The summed E-state index contributed by atoms with van der Waals surface area (Å²) < 4.78 is 26.1. The van der Waals surface area contributed by atoms with Gasteiger partial charge in [-0.1, -0.05) is 18.2 Å². The molecule has 0 radical (unpaired) electrons. The first-order chi connectivity index (χ1) is 15.5. The number of fused-ring (bicyclic) bond motifs is 3. The lowest BCUT2D eigenvalue weighted by molar-refractivity contribution is 0.0961. The molecule has 0 bridgehead atoms. The van der Waals surface area contributed by atoms with Gasteiger partial charge in [0, 0.05) is 30.2 Å². The third-order valence-corrected chi connectivity index (χ3v) is 6.10. The van der Waals surface area contributed by atoms with Gasteiger partial charge >= 0.3 is 0 Å². The summed E-state index contributed by atoms with van der Waals surface area (Å²) in [5.41, 5.74) is 5.48. The summed E-state index contributed by atoms with van der Waals surface area (Å²) in [5.74, 6) is 1.07. The van der Waals surface area contributed by atoms with Crippen molar-refractivity contribution < 1.29 is 18.7 Å². The molecule has 0 unspecified atom stereocenters. The quantitative estimate of drug-likeness (QED) is 0.466. The van der Waals surface area contributed by atoms with Crippen molar-refractivity contribution in [2.24, 2.45) is 0 Å². The smallest absolute Gasteiger partial charge is 0.166 e. The Balaban J connectivity index is 1.63. The van der Waals surface area contributed by atoms with Crippen molar-refractivity contribution >= 4 is 11.4 Å². The summed E-state index contributed by atoms with van der Waals surface area (Å²) in [4.78, 5) is 17.6. The fourth-order valence-electron chi connectivity index (χ4n) is 4.54. The third kappa shape index (κ3) is 3.21. The number of ketones is 1. The van der Waals surface area contributed by atoms with Crippen LogP contribution in [0.1, 0.15) is 39.6 Å². The minimum Gasteiger partial charge on any atom is -0.497 e. The Bertz CT molecular complexity index is 1350. The van der Waals surface area contributed by atoms with Crippen LogP contribution in [-0.2, 0) is 6.42 Å². The minimum atomic E-state index is -0.296. The van der Waals surface area contributed by atoms with Crippen molar-refractivity contribution in [3.63, 3.8) is 0 Å². The van der Waals surface area contributed by atoms with Crippen LogP contribution in [0.3, 0.4) is 0 Å². The van der Waals surface area contributed by atoms with E-state index in [2.05, 4.69) is 4.98 Å². The van der Waals surface area contributed by atoms with E-state index in [4.69, 9.17) is 14.6 Å². The Labute approximate surface area is 184 Å². The molecule has 6 nitrogen and oxygen atoms in total. The van der Waals surface area contributed by atoms with Gasteiger partial charge in [0.25, 0.3) is 0 Å². The Morgan fingerprint density at radius 3 is 2.56 bits per heavy atom. The van der Waals surface area contributed by atoms with Gasteiger partial charge in [0.15, 0.2) is 11.4 Å². The summed E-state index contributed by atoms with van der Waals surface area (Å²) >= 11 is 0. The number of aryl methyl sites for hydroxylation is 1. The van der Waals surface area contributed by atoms with Crippen molar-refractivity contribution in [1.29, 1.82) is 0 Å². The third-order valence-electron chi connectivity index (χ3n) is 6.10. The second-order valence-electron chi connectivity index (χ2n) is 7.96. The van der Waals surface area contributed by atoms with Gasteiger partial charge in [-0.25, -0.2) is 13.9 Å². The second-order valence-corrected chi connectivity index (χ2v) is 7.96. The highest BCUT2D eigenvalue weighted by Crippen LogP contribution is 2.39. The maximum absolute atomic E-state index is 13.4. The molecule has 2 heterocycles. The molecule has 162 valence electrons. The van der Waals surface area contributed by atoms with Crippen molar-refractivity contribution in [3.8, 4) is 22.6 Å². The lowest BCUT2D eigenvalue weighted by Gasteiger charge is -2.25. The molecule has 0 saturated carbocycles. The molecule has 7 heteroatoms. The number of Topliss-reactive ketones (excluding diaryl/α,β-unsaturated/α-hetero) is 1. The van der Waals surface area contributed by atoms with Crippen LogP contribution in [0.4, 0.5) is 4.39 Å². The first-order valence-corrected chi connectivity index (χ1v) is 10.4. The minimum absolute atomic E-state index is 0.0278. The molecule has 0 N–H and O–H groups in total. The number of nitrogens with zero attached hydrogens (tertiary/aromatic N) is 3. The van der Waals surface area contributed by atoms with Crippen LogP contribution in [0.15, 0.2) is 48.7 Å². The molecule has 2 aromatic heterocycles. The monoisotopic (exact) mass is 431 g/mol. The summed E-state index contributed by atoms with van der Waals surface area (Å²) in [5, 5.41) is 4.71. The first kappa shape index (κ1) is 20.2. The molecule has 1 aliphatic rings. The molecular weight excluding hydrogens is 409 g/mol. The topological polar surface area (TPSA) is 65.7 Å². The number of rotatable bonds is 4. The van der Waals surface area contributed by atoms with Crippen molar-refractivity contribution in [2.75, 3.05) is 14.2 Å².